The van der Waals surface area contributed by atoms with Gasteiger partial charge in [-0.05, 0) is 41.8 Å². The number of halogens is 2. The van der Waals surface area contributed by atoms with Crippen LogP contribution in [0.1, 0.15) is 23.5 Å². The largest absolute Gasteiger partial charge is 0.394 e. The zero-order chi connectivity index (χ0) is 15.1. The maximum atomic E-state index is 8.77. The number of hydrogen-bond donors (Lipinski definition) is 1. The molecule has 0 saturated heterocycles. The van der Waals surface area contributed by atoms with Crippen molar-refractivity contribution in [3.8, 4) is 0 Å². The van der Waals surface area contributed by atoms with Crippen LogP contribution in [0.15, 0.2) is 48.5 Å². The van der Waals surface area contributed by atoms with Crippen LogP contribution in [0.25, 0.3) is 0 Å². The molecule has 0 bridgehead atoms. The lowest BCUT2D eigenvalue weighted by Crippen LogP contribution is -2.08. The predicted molar refractivity (Wildman–Crippen MR) is 87.3 cm³/mol. The molecule has 0 aromatic heterocycles. The van der Waals surface area contributed by atoms with Gasteiger partial charge in [0.25, 0.3) is 0 Å². The van der Waals surface area contributed by atoms with Gasteiger partial charge in [0.2, 0.25) is 0 Å². The van der Waals surface area contributed by atoms with E-state index in [4.69, 9.17) is 33.0 Å². The normalized spacial score (nSPS) is 11.0. The molecular weight excluding hydrogens is 307 g/mol. The van der Waals surface area contributed by atoms with Crippen molar-refractivity contribution >= 4 is 23.2 Å². The molecule has 4 heteroatoms. The summed E-state index contributed by atoms with van der Waals surface area (Å²) in [6.07, 6.45) is 0.837. The molecule has 2 rings (SSSR count). The number of aliphatic hydroxyl groups is 1. The number of ether oxygens (including phenoxy) is 1. The Kier molecular flexibility index (Phi) is 6.52. The highest BCUT2D eigenvalue weighted by Gasteiger charge is 2.14. The van der Waals surface area contributed by atoms with Crippen molar-refractivity contribution in [1.29, 1.82) is 0 Å². The lowest BCUT2D eigenvalue weighted by atomic mass is 9.89. The highest BCUT2D eigenvalue weighted by atomic mass is 35.5. The molecule has 0 aliphatic heterocycles. The summed E-state index contributed by atoms with van der Waals surface area (Å²) in [7, 11) is 0. The monoisotopic (exact) mass is 324 g/mol. The highest BCUT2D eigenvalue weighted by molar-refractivity contribution is 6.30. The van der Waals surface area contributed by atoms with Gasteiger partial charge < -0.3 is 9.84 Å². The summed E-state index contributed by atoms with van der Waals surface area (Å²) >= 11 is 11.9. The van der Waals surface area contributed by atoms with Gasteiger partial charge in [-0.15, -0.1) is 0 Å². The van der Waals surface area contributed by atoms with Crippen molar-refractivity contribution in [1.82, 2.24) is 0 Å². The maximum absolute atomic E-state index is 8.77. The van der Waals surface area contributed by atoms with Crippen molar-refractivity contribution in [2.24, 2.45) is 0 Å². The Morgan fingerprint density at radius 3 is 1.71 bits per heavy atom. The summed E-state index contributed by atoms with van der Waals surface area (Å²) < 4.78 is 5.40. The molecule has 0 spiro atoms. The fourth-order valence-electron chi connectivity index (χ4n) is 2.28. The second kappa shape index (κ2) is 8.40. The van der Waals surface area contributed by atoms with E-state index >= 15 is 0 Å². The molecule has 0 aliphatic rings. The first-order valence-corrected chi connectivity index (χ1v) is 7.66. The molecule has 2 aromatic rings. The molecule has 2 aromatic carbocycles. The summed E-state index contributed by atoms with van der Waals surface area (Å²) in [4.78, 5) is 0. The standard InChI is InChI=1S/C17H18Cl2O2/c18-15-5-1-13(2-6-15)17(9-11-21-12-10-20)14-3-7-16(19)8-4-14/h1-8,17,20H,9-12H2. The van der Waals surface area contributed by atoms with Crippen molar-refractivity contribution in [3.05, 3.63) is 69.7 Å². The van der Waals surface area contributed by atoms with Gasteiger partial charge in [-0.25, -0.2) is 0 Å². The Bertz CT molecular complexity index is 492. The molecule has 21 heavy (non-hydrogen) atoms. The summed E-state index contributed by atoms with van der Waals surface area (Å²) in [5.41, 5.74) is 2.38. The summed E-state index contributed by atoms with van der Waals surface area (Å²) in [6, 6.07) is 15.7. The number of rotatable bonds is 7. The zero-order valence-electron chi connectivity index (χ0n) is 11.6. The maximum Gasteiger partial charge on any atom is 0.0697 e. The van der Waals surface area contributed by atoms with Gasteiger partial charge in [0.15, 0.2) is 0 Å². The first kappa shape index (κ1) is 16.3. The van der Waals surface area contributed by atoms with Crippen molar-refractivity contribution in [2.45, 2.75) is 12.3 Å². The van der Waals surface area contributed by atoms with Crippen LogP contribution in [0, 0.1) is 0 Å². The SMILES string of the molecule is OCCOCCC(c1ccc(Cl)cc1)c1ccc(Cl)cc1. The van der Waals surface area contributed by atoms with Crippen molar-refractivity contribution < 1.29 is 9.84 Å². The molecular formula is C17H18Cl2O2. The Morgan fingerprint density at radius 1 is 0.810 bits per heavy atom. The molecule has 1 N–H and O–H groups in total. The van der Waals surface area contributed by atoms with E-state index in [9.17, 15) is 0 Å². The van der Waals surface area contributed by atoms with Gasteiger partial charge in [-0.3, -0.25) is 0 Å². The van der Waals surface area contributed by atoms with Gasteiger partial charge in [-0.1, -0.05) is 47.5 Å². The van der Waals surface area contributed by atoms with Gasteiger partial charge in [-0.2, -0.15) is 0 Å². The van der Waals surface area contributed by atoms with E-state index in [0.717, 1.165) is 16.5 Å². The van der Waals surface area contributed by atoms with E-state index in [-0.39, 0.29) is 12.5 Å². The van der Waals surface area contributed by atoms with E-state index in [2.05, 4.69) is 0 Å². The Morgan fingerprint density at radius 2 is 1.29 bits per heavy atom. The fraction of sp³-hybridized carbons (Fsp3) is 0.294. The quantitative estimate of drug-likeness (QED) is 0.758. The molecule has 0 saturated carbocycles. The third-order valence-corrected chi connectivity index (χ3v) is 3.84. The second-order valence-corrected chi connectivity index (χ2v) is 5.65. The summed E-state index contributed by atoms with van der Waals surface area (Å²) in [5.74, 6) is 0.221. The minimum atomic E-state index is 0.0482. The lowest BCUT2D eigenvalue weighted by Gasteiger charge is -2.18. The third kappa shape index (κ3) is 5.01. The molecule has 2 nitrogen and oxygen atoms in total. The van der Waals surface area contributed by atoms with E-state index in [1.165, 1.54) is 11.1 Å². The van der Waals surface area contributed by atoms with Crippen LogP contribution in [-0.4, -0.2) is 24.9 Å². The van der Waals surface area contributed by atoms with E-state index in [1.807, 2.05) is 48.5 Å². The van der Waals surface area contributed by atoms with Crippen molar-refractivity contribution in [2.75, 3.05) is 19.8 Å². The topological polar surface area (TPSA) is 29.5 Å². The first-order chi connectivity index (χ1) is 10.2. The molecule has 0 fully saturated rings. The number of benzene rings is 2. The fourth-order valence-corrected chi connectivity index (χ4v) is 2.54. The average molecular weight is 325 g/mol. The van der Waals surface area contributed by atoms with E-state index < -0.39 is 0 Å². The highest BCUT2D eigenvalue weighted by Crippen LogP contribution is 2.29. The number of hydrogen-bond acceptors (Lipinski definition) is 2. The molecule has 0 radical (unpaired) electrons. The van der Waals surface area contributed by atoms with Gasteiger partial charge in [0.05, 0.1) is 13.2 Å². The molecule has 0 atom stereocenters. The minimum Gasteiger partial charge on any atom is -0.394 e. The Balaban J connectivity index is 2.17. The molecule has 0 aliphatic carbocycles. The van der Waals surface area contributed by atoms with Crippen LogP contribution in [0.3, 0.4) is 0 Å². The molecule has 0 amide bonds. The smallest absolute Gasteiger partial charge is 0.0697 e. The van der Waals surface area contributed by atoms with Crippen LogP contribution < -0.4 is 0 Å². The molecule has 0 unspecified atom stereocenters. The van der Waals surface area contributed by atoms with Gasteiger partial charge in [0.1, 0.15) is 0 Å². The average Bonchev–Trinajstić information content (AvgIpc) is 2.50. The first-order valence-electron chi connectivity index (χ1n) is 6.90. The van der Waals surface area contributed by atoms with Crippen LogP contribution in [0.2, 0.25) is 10.0 Å². The van der Waals surface area contributed by atoms with Crippen molar-refractivity contribution in [3.63, 3.8) is 0 Å². The summed E-state index contributed by atoms with van der Waals surface area (Å²) in [5, 5.41) is 10.2. The predicted octanol–water partition coefficient (Wildman–Crippen LogP) is 4.52. The van der Waals surface area contributed by atoms with Crippen LogP contribution in [0.5, 0.6) is 0 Å². The van der Waals surface area contributed by atoms with Crippen LogP contribution in [0.4, 0.5) is 0 Å². The Hall–Kier alpha value is -1.06. The van der Waals surface area contributed by atoms with E-state index in [0.29, 0.717) is 13.2 Å². The van der Waals surface area contributed by atoms with Crippen LogP contribution in [-0.2, 0) is 4.74 Å². The lowest BCUT2D eigenvalue weighted by molar-refractivity contribution is 0.0890. The number of aliphatic hydroxyl groups excluding tert-OH is 1. The van der Waals surface area contributed by atoms with Crippen LogP contribution >= 0.6 is 23.2 Å². The second-order valence-electron chi connectivity index (χ2n) is 4.78. The van der Waals surface area contributed by atoms with Gasteiger partial charge >= 0.3 is 0 Å². The third-order valence-electron chi connectivity index (χ3n) is 3.33. The zero-order valence-corrected chi connectivity index (χ0v) is 13.1. The minimum absolute atomic E-state index is 0.0482. The molecule has 112 valence electrons. The van der Waals surface area contributed by atoms with Gasteiger partial charge in [0, 0.05) is 22.6 Å². The Labute approximate surface area is 135 Å². The molecule has 0 heterocycles. The summed E-state index contributed by atoms with van der Waals surface area (Å²) in [6.45, 7) is 1.01. The van der Waals surface area contributed by atoms with E-state index in [1.54, 1.807) is 0 Å².